The number of ether oxygens (including phenoxy) is 3. The van der Waals surface area contributed by atoms with Gasteiger partial charge in [-0.3, -0.25) is 0 Å². The molecule has 98 valence electrons. The summed E-state index contributed by atoms with van der Waals surface area (Å²) in [6, 6.07) is 4.22. The molecule has 1 aromatic carbocycles. The SMILES string of the molecule is COCc1ccc(C2(C)CCCN2)c2c1OCO2. The second-order valence-electron chi connectivity index (χ2n) is 5.13. The highest BCUT2D eigenvalue weighted by Gasteiger charge is 2.36. The van der Waals surface area contributed by atoms with Crippen LogP contribution < -0.4 is 14.8 Å². The van der Waals surface area contributed by atoms with Gasteiger partial charge in [-0.25, -0.2) is 0 Å². The van der Waals surface area contributed by atoms with E-state index in [-0.39, 0.29) is 5.54 Å². The average molecular weight is 249 g/mol. The van der Waals surface area contributed by atoms with Crippen molar-refractivity contribution >= 4 is 0 Å². The summed E-state index contributed by atoms with van der Waals surface area (Å²) in [5, 5.41) is 3.56. The van der Waals surface area contributed by atoms with Gasteiger partial charge in [0.1, 0.15) is 0 Å². The maximum atomic E-state index is 5.68. The van der Waals surface area contributed by atoms with Gasteiger partial charge in [-0.05, 0) is 26.3 Å². The molecular weight excluding hydrogens is 230 g/mol. The summed E-state index contributed by atoms with van der Waals surface area (Å²) in [5.74, 6) is 1.74. The number of nitrogens with one attached hydrogen (secondary N) is 1. The molecule has 18 heavy (non-hydrogen) atoms. The molecule has 0 bridgehead atoms. The minimum absolute atomic E-state index is 0.00336. The summed E-state index contributed by atoms with van der Waals surface area (Å²) in [4.78, 5) is 0. The number of hydrogen-bond donors (Lipinski definition) is 1. The molecule has 4 nitrogen and oxygen atoms in total. The van der Waals surface area contributed by atoms with Crippen molar-refractivity contribution in [1.82, 2.24) is 5.32 Å². The summed E-state index contributed by atoms with van der Waals surface area (Å²) >= 11 is 0. The lowest BCUT2D eigenvalue weighted by Gasteiger charge is -2.26. The second kappa shape index (κ2) is 4.44. The molecule has 0 radical (unpaired) electrons. The van der Waals surface area contributed by atoms with E-state index in [1.54, 1.807) is 7.11 Å². The number of benzene rings is 1. The van der Waals surface area contributed by atoms with Crippen LogP contribution in [-0.4, -0.2) is 20.4 Å². The molecule has 3 rings (SSSR count). The van der Waals surface area contributed by atoms with Gasteiger partial charge in [-0.15, -0.1) is 0 Å². The summed E-state index contributed by atoms with van der Waals surface area (Å²) < 4.78 is 16.5. The van der Waals surface area contributed by atoms with Gasteiger partial charge in [0.05, 0.1) is 6.61 Å². The zero-order valence-electron chi connectivity index (χ0n) is 10.9. The zero-order chi connectivity index (χ0) is 12.6. The molecule has 1 aromatic rings. The minimum Gasteiger partial charge on any atom is -0.453 e. The molecule has 0 spiro atoms. The summed E-state index contributed by atoms with van der Waals surface area (Å²) in [5.41, 5.74) is 2.26. The largest absolute Gasteiger partial charge is 0.453 e. The van der Waals surface area contributed by atoms with Gasteiger partial charge >= 0.3 is 0 Å². The van der Waals surface area contributed by atoms with Crippen molar-refractivity contribution in [3.63, 3.8) is 0 Å². The molecule has 1 unspecified atom stereocenters. The molecule has 2 aliphatic rings. The van der Waals surface area contributed by atoms with Crippen LogP contribution in [0.25, 0.3) is 0 Å². The van der Waals surface area contributed by atoms with E-state index in [0.717, 1.165) is 30.0 Å². The van der Waals surface area contributed by atoms with Gasteiger partial charge in [0, 0.05) is 23.8 Å². The Morgan fingerprint density at radius 2 is 2.17 bits per heavy atom. The van der Waals surface area contributed by atoms with Crippen LogP contribution >= 0.6 is 0 Å². The van der Waals surface area contributed by atoms with Gasteiger partial charge in [-0.1, -0.05) is 12.1 Å². The Labute approximate surface area is 107 Å². The third-order valence-corrected chi connectivity index (χ3v) is 3.86. The van der Waals surface area contributed by atoms with E-state index < -0.39 is 0 Å². The van der Waals surface area contributed by atoms with Crippen LogP contribution in [0.5, 0.6) is 11.5 Å². The van der Waals surface area contributed by atoms with Crippen LogP contribution in [0, 0.1) is 0 Å². The Bertz CT molecular complexity index is 453. The van der Waals surface area contributed by atoms with Crippen molar-refractivity contribution in [3.05, 3.63) is 23.3 Å². The highest BCUT2D eigenvalue weighted by atomic mass is 16.7. The maximum Gasteiger partial charge on any atom is 0.231 e. The van der Waals surface area contributed by atoms with Crippen LogP contribution in [0.4, 0.5) is 0 Å². The van der Waals surface area contributed by atoms with E-state index in [0.29, 0.717) is 13.4 Å². The van der Waals surface area contributed by atoms with E-state index in [4.69, 9.17) is 14.2 Å². The van der Waals surface area contributed by atoms with E-state index in [2.05, 4.69) is 24.4 Å². The normalized spacial score (nSPS) is 25.7. The maximum absolute atomic E-state index is 5.68. The van der Waals surface area contributed by atoms with Gasteiger partial charge < -0.3 is 19.5 Å². The molecule has 0 saturated carbocycles. The molecule has 0 amide bonds. The Morgan fingerprint density at radius 3 is 2.89 bits per heavy atom. The predicted molar refractivity (Wildman–Crippen MR) is 67.9 cm³/mol. The molecule has 1 fully saturated rings. The van der Waals surface area contributed by atoms with E-state index in [1.165, 1.54) is 12.0 Å². The topological polar surface area (TPSA) is 39.7 Å². The van der Waals surface area contributed by atoms with Crippen LogP contribution in [-0.2, 0) is 16.9 Å². The highest BCUT2D eigenvalue weighted by molar-refractivity contribution is 5.55. The van der Waals surface area contributed by atoms with Gasteiger partial charge in [0.25, 0.3) is 0 Å². The first kappa shape index (κ1) is 11.8. The Balaban J connectivity index is 2.04. The zero-order valence-corrected chi connectivity index (χ0v) is 10.9. The van der Waals surface area contributed by atoms with Crippen molar-refractivity contribution in [1.29, 1.82) is 0 Å². The van der Waals surface area contributed by atoms with Gasteiger partial charge in [0.2, 0.25) is 6.79 Å². The lowest BCUT2D eigenvalue weighted by atomic mass is 9.88. The fourth-order valence-electron chi connectivity index (χ4n) is 2.88. The third-order valence-electron chi connectivity index (χ3n) is 3.86. The van der Waals surface area contributed by atoms with Crippen molar-refractivity contribution in [2.24, 2.45) is 0 Å². The third kappa shape index (κ3) is 1.76. The quantitative estimate of drug-likeness (QED) is 0.891. The van der Waals surface area contributed by atoms with Crippen LogP contribution in [0.2, 0.25) is 0 Å². The monoisotopic (exact) mass is 249 g/mol. The van der Waals surface area contributed by atoms with Crippen LogP contribution in [0.1, 0.15) is 30.9 Å². The molecule has 1 N–H and O–H groups in total. The molecule has 1 atom stereocenters. The van der Waals surface area contributed by atoms with Crippen LogP contribution in [0.15, 0.2) is 12.1 Å². The first-order valence-electron chi connectivity index (χ1n) is 6.40. The standard InChI is InChI=1S/C14H19NO3/c1-14(6-3-7-15-14)11-5-4-10(8-16-2)12-13(11)18-9-17-12/h4-5,15H,3,6-9H2,1-2H3. The number of rotatable bonds is 3. The van der Waals surface area contributed by atoms with E-state index in [9.17, 15) is 0 Å². The van der Waals surface area contributed by atoms with Crippen molar-refractivity contribution < 1.29 is 14.2 Å². The number of hydrogen-bond acceptors (Lipinski definition) is 4. The Kier molecular flexibility index (Phi) is 2.92. The first-order chi connectivity index (χ1) is 8.74. The van der Waals surface area contributed by atoms with Crippen molar-refractivity contribution in [2.75, 3.05) is 20.4 Å². The second-order valence-corrected chi connectivity index (χ2v) is 5.13. The number of methoxy groups -OCH3 is 1. The van der Waals surface area contributed by atoms with E-state index >= 15 is 0 Å². The van der Waals surface area contributed by atoms with Crippen LogP contribution in [0.3, 0.4) is 0 Å². The van der Waals surface area contributed by atoms with Gasteiger partial charge in [0.15, 0.2) is 11.5 Å². The smallest absolute Gasteiger partial charge is 0.231 e. The minimum atomic E-state index is 0.00336. The summed E-state index contributed by atoms with van der Waals surface area (Å²) in [7, 11) is 1.69. The molecular formula is C14H19NO3. The summed E-state index contributed by atoms with van der Waals surface area (Å²) in [6.45, 7) is 4.15. The fraction of sp³-hybridized carbons (Fsp3) is 0.571. The molecule has 1 saturated heterocycles. The van der Waals surface area contributed by atoms with Crippen molar-refractivity contribution in [2.45, 2.75) is 31.9 Å². The molecule has 4 heteroatoms. The average Bonchev–Trinajstić information content (AvgIpc) is 2.99. The first-order valence-corrected chi connectivity index (χ1v) is 6.40. The van der Waals surface area contributed by atoms with Gasteiger partial charge in [-0.2, -0.15) is 0 Å². The Hall–Kier alpha value is -1.26. The molecule has 2 heterocycles. The lowest BCUT2D eigenvalue weighted by Crippen LogP contribution is -2.33. The van der Waals surface area contributed by atoms with Crippen molar-refractivity contribution in [3.8, 4) is 11.5 Å². The Morgan fingerprint density at radius 1 is 1.33 bits per heavy atom. The predicted octanol–water partition coefficient (Wildman–Crippen LogP) is 2.16. The summed E-state index contributed by atoms with van der Waals surface area (Å²) in [6.07, 6.45) is 2.33. The lowest BCUT2D eigenvalue weighted by molar-refractivity contribution is 0.162. The highest BCUT2D eigenvalue weighted by Crippen LogP contribution is 2.45. The molecule has 0 aliphatic carbocycles. The fourth-order valence-corrected chi connectivity index (χ4v) is 2.88. The van der Waals surface area contributed by atoms with E-state index in [1.807, 2.05) is 0 Å². The molecule has 2 aliphatic heterocycles. The number of fused-ring (bicyclic) bond motifs is 1. The molecule has 0 aromatic heterocycles.